The molecule has 0 aromatic rings. The highest BCUT2D eigenvalue weighted by molar-refractivity contribution is 5.63. The minimum Gasteiger partial charge on any atom is -0.360 e. The van der Waals surface area contributed by atoms with Crippen LogP contribution in [0.3, 0.4) is 0 Å². The van der Waals surface area contributed by atoms with E-state index in [0.717, 1.165) is 0 Å². The van der Waals surface area contributed by atoms with Gasteiger partial charge in [-0.25, -0.2) is 0 Å². The Labute approximate surface area is 75.3 Å². The van der Waals surface area contributed by atoms with Crippen molar-refractivity contribution in [2.24, 2.45) is 0 Å². The van der Waals surface area contributed by atoms with Crippen LogP contribution in [0.4, 0.5) is 0 Å². The summed E-state index contributed by atoms with van der Waals surface area (Å²) in [6.45, 7) is 3.54. The zero-order chi connectivity index (χ0) is 9.84. The third kappa shape index (κ3) is 1.27. The smallest absolute Gasteiger partial charge is 0.103 e. The summed E-state index contributed by atoms with van der Waals surface area (Å²) in [5.74, 6) is 0. The largest absolute Gasteiger partial charge is 0.360 e. The molecule has 0 aliphatic carbocycles. The first kappa shape index (κ1) is 8.59. The molecule has 4 heteroatoms. The van der Waals surface area contributed by atoms with E-state index in [9.17, 15) is 0 Å². The van der Waals surface area contributed by atoms with Crippen molar-refractivity contribution in [3.8, 4) is 18.2 Å². The maximum absolute atomic E-state index is 8.69. The number of rotatable bonds is 0. The van der Waals surface area contributed by atoms with Gasteiger partial charge >= 0.3 is 0 Å². The van der Waals surface area contributed by atoms with Gasteiger partial charge in [-0.1, -0.05) is 6.58 Å². The van der Waals surface area contributed by atoms with Crippen LogP contribution in [0.1, 0.15) is 0 Å². The van der Waals surface area contributed by atoms with Crippen LogP contribution >= 0.6 is 0 Å². The van der Waals surface area contributed by atoms with Crippen LogP contribution in [0.2, 0.25) is 0 Å². The van der Waals surface area contributed by atoms with E-state index in [-0.39, 0.29) is 16.7 Å². The summed E-state index contributed by atoms with van der Waals surface area (Å²) in [5.41, 5.74) is 0.708. The third-order valence-corrected chi connectivity index (χ3v) is 1.56. The van der Waals surface area contributed by atoms with Gasteiger partial charge in [0, 0.05) is 6.20 Å². The van der Waals surface area contributed by atoms with Gasteiger partial charge in [-0.2, -0.15) is 15.8 Å². The lowest BCUT2D eigenvalue weighted by molar-refractivity contribution is 1.05. The van der Waals surface area contributed by atoms with Crippen molar-refractivity contribution in [1.29, 1.82) is 15.8 Å². The first-order valence-corrected chi connectivity index (χ1v) is 3.35. The average molecular weight is 168 g/mol. The molecule has 0 amide bonds. The molecule has 60 valence electrons. The number of nitrogens with zero attached hydrogens (tertiary/aromatic N) is 3. The second kappa shape index (κ2) is 3.26. The first-order chi connectivity index (χ1) is 6.24. The molecule has 4 nitrogen and oxygen atoms in total. The molecule has 0 fully saturated rings. The predicted molar refractivity (Wildman–Crippen MR) is 44.2 cm³/mol. The van der Waals surface area contributed by atoms with Crippen LogP contribution < -0.4 is 5.32 Å². The van der Waals surface area contributed by atoms with Crippen molar-refractivity contribution in [1.82, 2.24) is 5.32 Å². The zero-order valence-electron chi connectivity index (χ0n) is 6.63. The average Bonchev–Trinajstić information content (AvgIpc) is 2.17. The predicted octanol–water partition coefficient (Wildman–Crippen LogP) is 0.855. The van der Waals surface area contributed by atoms with Crippen LogP contribution in [0.5, 0.6) is 0 Å². The summed E-state index contributed by atoms with van der Waals surface area (Å²) in [6, 6.07) is 5.44. The summed E-state index contributed by atoms with van der Waals surface area (Å²) < 4.78 is 0. The van der Waals surface area contributed by atoms with E-state index in [2.05, 4.69) is 11.9 Å². The lowest BCUT2D eigenvalue weighted by Gasteiger charge is -2.11. The molecule has 0 saturated heterocycles. The van der Waals surface area contributed by atoms with Crippen molar-refractivity contribution in [3.05, 3.63) is 35.2 Å². The minimum absolute atomic E-state index is 0.0775. The molecule has 0 spiro atoms. The highest BCUT2D eigenvalue weighted by Crippen LogP contribution is 2.21. The Kier molecular flexibility index (Phi) is 2.15. The number of allylic oxidation sites excluding steroid dienone is 3. The van der Waals surface area contributed by atoms with Crippen molar-refractivity contribution in [2.75, 3.05) is 0 Å². The van der Waals surface area contributed by atoms with Crippen LogP contribution in [0, 0.1) is 34.0 Å². The molecule has 1 heterocycles. The summed E-state index contributed by atoms with van der Waals surface area (Å²) in [4.78, 5) is 0. The van der Waals surface area contributed by atoms with Crippen LogP contribution in [0.25, 0.3) is 0 Å². The maximum Gasteiger partial charge on any atom is 0.103 e. The second-order valence-corrected chi connectivity index (χ2v) is 2.27. The zero-order valence-corrected chi connectivity index (χ0v) is 6.63. The number of hydrogen-bond donors (Lipinski definition) is 1. The molecule has 1 N–H and O–H groups in total. The molecule has 0 saturated carbocycles. The van der Waals surface area contributed by atoms with Crippen molar-refractivity contribution < 1.29 is 0 Å². The van der Waals surface area contributed by atoms with Gasteiger partial charge in [0.05, 0.1) is 22.4 Å². The maximum atomic E-state index is 8.69. The van der Waals surface area contributed by atoms with E-state index in [1.807, 2.05) is 12.1 Å². The van der Waals surface area contributed by atoms with E-state index in [1.165, 1.54) is 6.20 Å². The van der Waals surface area contributed by atoms with Crippen molar-refractivity contribution in [3.63, 3.8) is 0 Å². The quantitative estimate of drug-likeness (QED) is 0.581. The Morgan fingerprint density at radius 3 is 2.15 bits per heavy atom. The molecule has 0 aromatic heterocycles. The molecule has 0 bridgehead atoms. The molecule has 1 rings (SSSR count). The summed E-state index contributed by atoms with van der Waals surface area (Å²) in [5, 5.41) is 28.6. The minimum atomic E-state index is 0.0775. The lowest BCUT2D eigenvalue weighted by atomic mass is 9.99. The molecule has 13 heavy (non-hydrogen) atoms. The van der Waals surface area contributed by atoms with Gasteiger partial charge in [0.25, 0.3) is 0 Å². The molecule has 0 atom stereocenters. The third-order valence-electron chi connectivity index (χ3n) is 1.56. The standard InChI is InChI=1S/C9H4N4/c1-6-8(3-11)9(4-12)7(2-10)5-13-6/h5,13H,1H2. The van der Waals surface area contributed by atoms with Crippen LogP contribution in [0.15, 0.2) is 35.2 Å². The van der Waals surface area contributed by atoms with Crippen molar-refractivity contribution in [2.45, 2.75) is 0 Å². The van der Waals surface area contributed by atoms with Gasteiger partial charge in [-0.3, -0.25) is 0 Å². The first-order valence-electron chi connectivity index (χ1n) is 3.35. The Hall–Kier alpha value is -2.51. The van der Waals surface area contributed by atoms with E-state index in [0.29, 0.717) is 5.70 Å². The van der Waals surface area contributed by atoms with Crippen LogP contribution in [-0.4, -0.2) is 0 Å². The fourth-order valence-electron chi connectivity index (χ4n) is 0.917. The SMILES string of the molecule is C=C1NC=C(C#N)C(C#N)=C1C#N. The fraction of sp³-hybridized carbons (Fsp3) is 0. The normalized spacial score (nSPS) is 14.8. The summed E-state index contributed by atoms with van der Waals surface area (Å²) >= 11 is 0. The van der Waals surface area contributed by atoms with E-state index < -0.39 is 0 Å². The summed E-state index contributed by atoms with van der Waals surface area (Å²) in [6.07, 6.45) is 1.36. The van der Waals surface area contributed by atoms with Gasteiger partial charge in [-0.05, 0) is 0 Å². The molecule has 0 aromatic carbocycles. The molecule has 0 unspecified atom stereocenters. The molecular formula is C9H4N4. The van der Waals surface area contributed by atoms with E-state index >= 15 is 0 Å². The number of hydrogen-bond acceptors (Lipinski definition) is 4. The molecule has 1 aliphatic heterocycles. The number of nitriles is 3. The van der Waals surface area contributed by atoms with Gasteiger partial charge < -0.3 is 5.32 Å². The Bertz CT molecular complexity index is 445. The number of dihydropyridines is 1. The molecular weight excluding hydrogens is 164 g/mol. The molecule has 1 aliphatic rings. The van der Waals surface area contributed by atoms with Gasteiger partial charge in [0.15, 0.2) is 0 Å². The highest BCUT2D eigenvalue weighted by atomic mass is 14.9. The van der Waals surface area contributed by atoms with Crippen LogP contribution in [-0.2, 0) is 0 Å². The number of nitrogens with one attached hydrogen (secondary N) is 1. The van der Waals surface area contributed by atoms with E-state index in [1.54, 1.807) is 6.07 Å². The Morgan fingerprint density at radius 1 is 1.08 bits per heavy atom. The van der Waals surface area contributed by atoms with Gasteiger partial charge in [0.1, 0.15) is 18.2 Å². The topological polar surface area (TPSA) is 83.4 Å². The fourth-order valence-corrected chi connectivity index (χ4v) is 0.917. The Morgan fingerprint density at radius 2 is 1.69 bits per heavy atom. The summed E-state index contributed by atoms with van der Waals surface area (Å²) in [7, 11) is 0. The van der Waals surface area contributed by atoms with E-state index in [4.69, 9.17) is 15.8 Å². The van der Waals surface area contributed by atoms with Crippen molar-refractivity contribution >= 4 is 0 Å². The van der Waals surface area contributed by atoms with Gasteiger partial charge in [-0.15, -0.1) is 0 Å². The monoisotopic (exact) mass is 168 g/mol. The molecule has 0 radical (unpaired) electrons. The van der Waals surface area contributed by atoms with Gasteiger partial charge in [0.2, 0.25) is 0 Å². The second-order valence-electron chi connectivity index (χ2n) is 2.27. The lowest BCUT2D eigenvalue weighted by Crippen LogP contribution is -2.14. The highest BCUT2D eigenvalue weighted by Gasteiger charge is 2.17. The Balaban J connectivity index is 3.38.